The van der Waals surface area contributed by atoms with Crippen LogP contribution in [0.5, 0.6) is 0 Å². The molecule has 0 saturated heterocycles. The van der Waals surface area contributed by atoms with Crippen molar-refractivity contribution >= 4 is 27.8 Å². The average Bonchev–Trinajstić information content (AvgIpc) is 3.04. The molecule has 6 nitrogen and oxygen atoms in total. The van der Waals surface area contributed by atoms with Crippen molar-refractivity contribution in [3.8, 4) is 11.3 Å². The first-order valence-electron chi connectivity index (χ1n) is 7.36. The molecule has 0 bridgehead atoms. The number of sulfonamides is 1. The molecule has 0 spiro atoms. The van der Waals surface area contributed by atoms with E-state index in [0.717, 1.165) is 16.8 Å². The third-order valence-electron chi connectivity index (χ3n) is 3.51. The molecule has 3 aromatic rings. The first-order chi connectivity index (χ1) is 12.0. The minimum Gasteiger partial charge on any atom is -0.277 e. The van der Waals surface area contributed by atoms with E-state index >= 15 is 0 Å². The highest BCUT2D eigenvalue weighted by Crippen LogP contribution is 2.21. The summed E-state index contributed by atoms with van der Waals surface area (Å²) in [4.78, 5) is 2.35. The summed E-state index contributed by atoms with van der Waals surface area (Å²) in [5, 5.41) is 11.3. The van der Waals surface area contributed by atoms with Crippen LogP contribution in [0.15, 0.2) is 64.7 Å². The molecule has 0 aliphatic heterocycles. The summed E-state index contributed by atoms with van der Waals surface area (Å²) < 4.78 is 24.4. The van der Waals surface area contributed by atoms with Crippen molar-refractivity contribution in [2.75, 3.05) is 0 Å². The van der Waals surface area contributed by atoms with E-state index in [4.69, 9.17) is 11.6 Å². The second-order valence-electron chi connectivity index (χ2n) is 5.37. The molecule has 0 amide bonds. The second kappa shape index (κ2) is 7.08. The smallest absolute Gasteiger partial charge is 0.276 e. The maximum Gasteiger partial charge on any atom is 0.276 e. The van der Waals surface area contributed by atoms with Crippen molar-refractivity contribution in [1.29, 1.82) is 0 Å². The Bertz CT molecular complexity index is 994. The molecular formula is C17H15ClN4O2S. The van der Waals surface area contributed by atoms with Crippen LogP contribution in [0, 0.1) is 6.92 Å². The molecule has 128 valence electrons. The van der Waals surface area contributed by atoms with Crippen molar-refractivity contribution in [2.24, 2.45) is 5.10 Å². The highest BCUT2D eigenvalue weighted by atomic mass is 35.5. The fourth-order valence-electron chi connectivity index (χ4n) is 2.18. The maximum absolute atomic E-state index is 12.2. The van der Waals surface area contributed by atoms with Gasteiger partial charge in [-0.05, 0) is 31.2 Å². The van der Waals surface area contributed by atoms with Gasteiger partial charge < -0.3 is 0 Å². The Morgan fingerprint density at radius 1 is 1.12 bits per heavy atom. The van der Waals surface area contributed by atoms with E-state index in [-0.39, 0.29) is 4.90 Å². The standard InChI is InChI=1S/C17H15ClN4O2S/c1-12-2-8-16(9-3-12)25(23,24)22-20-11-14-10-19-21-17(14)13-4-6-15(18)7-5-13/h2-11,22H,1H3,(H,19,21)/b20-11-. The molecule has 1 aromatic heterocycles. The van der Waals surface area contributed by atoms with Crippen LogP contribution in [0.1, 0.15) is 11.1 Å². The average molecular weight is 375 g/mol. The van der Waals surface area contributed by atoms with Crippen molar-refractivity contribution in [1.82, 2.24) is 15.0 Å². The first kappa shape index (κ1) is 17.2. The molecule has 0 atom stereocenters. The molecular weight excluding hydrogens is 360 g/mol. The second-order valence-corrected chi connectivity index (χ2v) is 7.47. The predicted molar refractivity (Wildman–Crippen MR) is 98.1 cm³/mol. The SMILES string of the molecule is Cc1ccc(S(=O)(=O)N/N=C\c2cn[nH]c2-c2ccc(Cl)cc2)cc1. The number of hydrogen-bond donors (Lipinski definition) is 2. The highest BCUT2D eigenvalue weighted by molar-refractivity contribution is 7.89. The predicted octanol–water partition coefficient (Wildman–Crippen LogP) is 3.35. The molecule has 0 radical (unpaired) electrons. The van der Waals surface area contributed by atoms with E-state index in [0.29, 0.717) is 10.6 Å². The third-order valence-corrected chi connectivity index (χ3v) is 5.00. The van der Waals surface area contributed by atoms with Crippen LogP contribution in [0.4, 0.5) is 0 Å². The number of nitrogens with zero attached hydrogens (tertiary/aromatic N) is 2. The molecule has 0 saturated carbocycles. The fourth-order valence-corrected chi connectivity index (χ4v) is 3.09. The Morgan fingerprint density at radius 2 is 1.80 bits per heavy atom. The fraction of sp³-hybridized carbons (Fsp3) is 0.0588. The molecule has 0 unspecified atom stereocenters. The van der Waals surface area contributed by atoms with Crippen molar-refractivity contribution in [3.05, 3.63) is 70.9 Å². The van der Waals surface area contributed by atoms with Gasteiger partial charge in [0.25, 0.3) is 10.0 Å². The zero-order valence-electron chi connectivity index (χ0n) is 13.3. The molecule has 2 N–H and O–H groups in total. The van der Waals surface area contributed by atoms with Crippen LogP contribution in [-0.4, -0.2) is 24.8 Å². The van der Waals surface area contributed by atoms with Crippen LogP contribution < -0.4 is 4.83 Å². The number of halogens is 1. The molecule has 8 heteroatoms. The Balaban J connectivity index is 1.78. The van der Waals surface area contributed by atoms with Gasteiger partial charge in [-0.2, -0.15) is 18.6 Å². The topological polar surface area (TPSA) is 87.2 Å². The largest absolute Gasteiger partial charge is 0.277 e. The summed E-state index contributed by atoms with van der Waals surface area (Å²) in [6.45, 7) is 1.89. The number of hydrazone groups is 1. The lowest BCUT2D eigenvalue weighted by Gasteiger charge is -2.03. The Morgan fingerprint density at radius 3 is 2.48 bits per heavy atom. The minimum absolute atomic E-state index is 0.153. The summed E-state index contributed by atoms with van der Waals surface area (Å²) >= 11 is 5.89. The van der Waals surface area contributed by atoms with Gasteiger partial charge in [0, 0.05) is 16.1 Å². The number of hydrogen-bond acceptors (Lipinski definition) is 4. The molecule has 2 aromatic carbocycles. The van der Waals surface area contributed by atoms with Gasteiger partial charge in [0.2, 0.25) is 0 Å². The Hall–Kier alpha value is -2.64. The van der Waals surface area contributed by atoms with E-state index in [1.54, 1.807) is 30.5 Å². The van der Waals surface area contributed by atoms with Crippen molar-refractivity contribution in [3.63, 3.8) is 0 Å². The molecule has 25 heavy (non-hydrogen) atoms. The van der Waals surface area contributed by atoms with Gasteiger partial charge in [-0.1, -0.05) is 41.4 Å². The minimum atomic E-state index is -3.71. The van der Waals surface area contributed by atoms with Crippen LogP contribution >= 0.6 is 11.6 Å². The molecule has 0 aliphatic rings. The van der Waals surface area contributed by atoms with Gasteiger partial charge in [-0.3, -0.25) is 5.10 Å². The lowest BCUT2D eigenvalue weighted by Crippen LogP contribution is -2.18. The Kier molecular flexibility index (Phi) is 4.87. The van der Waals surface area contributed by atoms with Gasteiger partial charge in [0.05, 0.1) is 23.0 Å². The number of aromatic nitrogens is 2. The number of rotatable bonds is 5. The van der Waals surface area contributed by atoms with Gasteiger partial charge in [0.15, 0.2) is 0 Å². The van der Waals surface area contributed by atoms with Crippen LogP contribution in [0.25, 0.3) is 11.3 Å². The summed E-state index contributed by atoms with van der Waals surface area (Å²) in [5.41, 5.74) is 3.21. The summed E-state index contributed by atoms with van der Waals surface area (Å²) in [6, 6.07) is 13.7. The molecule has 3 rings (SSSR count). The normalized spacial score (nSPS) is 11.8. The zero-order chi connectivity index (χ0) is 17.9. The van der Waals surface area contributed by atoms with E-state index in [2.05, 4.69) is 20.1 Å². The number of aromatic amines is 1. The summed E-state index contributed by atoms with van der Waals surface area (Å²) in [6.07, 6.45) is 2.97. The van der Waals surface area contributed by atoms with Crippen LogP contribution in [0.3, 0.4) is 0 Å². The zero-order valence-corrected chi connectivity index (χ0v) is 14.8. The van der Waals surface area contributed by atoms with Crippen molar-refractivity contribution < 1.29 is 8.42 Å². The van der Waals surface area contributed by atoms with Crippen LogP contribution in [-0.2, 0) is 10.0 Å². The lowest BCUT2D eigenvalue weighted by molar-refractivity contribution is 0.584. The summed E-state index contributed by atoms with van der Waals surface area (Å²) in [7, 11) is -3.71. The lowest BCUT2D eigenvalue weighted by atomic mass is 10.1. The first-order valence-corrected chi connectivity index (χ1v) is 9.23. The van der Waals surface area contributed by atoms with Gasteiger partial charge in [-0.15, -0.1) is 0 Å². The molecule has 0 aliphatic carbocycles. The monoisotopic (exact) mass is 374 g/mol. The third kappa shape index (κ3) is 4.07. The summed E-state index contributed by atoms with van der Waals surface area (Å²) in [5.74, 6) is 0. The Labute approximate surface area is 150 Å². The highest BCUT2D eigenvalue weighted by Gasteiger charge is 2.12. The van der Waals surface area contributed by atoms with Gasteiger partial charge >= 0.3 is 0 Å². The van der Waals surface area contributed by atoms with E-state index in [1.165, 1.54) is 18.3 Å². The van der Waals surface area contributed by atoms with E-state index in [1.807, 2.05) is 19.1 Å². The molecule has 0 fully saturated rings. The number of H-pyrrole nitrogens is 1. The van der Waals surface area contributed by atoms with E-state index in [9.17, 15) is 8.42 Å². The van der Waals surface area contributed by atoms with E-state index < -0.39 is 10.0 Å². The molecule has 1 heterocycles. The van der Waals surface area contributed by atoms with Gasteiger partial charge in [-0.25, -0.2) is 4.83 Å². The van der Waals surface area contributed by atoms with Crippen molar-refractivity contribution in [2.45, 2.75) is 11.8 Å². The number of aryl methyl sites for hydroxylation is 1. The number of benzene rings is 2. The maximum atomic E-state index is 12.2. The number of nitrogens with one attached hydrogen (secondary N) is 2. The quantitative estimate of drug-likeness (QED) is 0.530. The van der Waals surface area contributed by atoms with Crippen LogP contribution in [0.2, 0.25) is 5.02 Å². The van der Waals surface area contributed by atoms with Gasteiger partial charge in [0.1, 0.15) is 0 Å².